The molecule has 2 heterocycles. The summed E-state index contributed by atoms with van der Waals surface area (Å²) in [6.07, 6.45) is 5.63. The van der Waals surface area contributed by atoms with Gasteiger partial charge in [-0.3, -0.25) is 0 Å². The van der Waals surface area contributed by atoms with E-state index in [0.717, 1.165) is 12.3 Å². The number of likely N-dealkylation sites (tertiary alicyclic amines) is 1. The van der Waals surface area contributed by atoms with Gasteiger partial charge in [0.25, 0.3) is 0 Å². The van der Waals surface area contributed by atoms with Crippen molar-refractivity contribution in [1.29, 1.82) is 0 Å². The van der Waals surface area contributed by atoms with Crippen LogP contribution in [0.1, 0.15) is 42.9 Å². The van der Waals surface area contributed by atoms with E-state index < -0.39 is 0 Å². The summed E-state index contributed by atoms with van der Waals surface area (Å²) in [4.78, 5) is 1.79. The maximum Gasteiger partial charge on any atom is 0.163 e. The Kier molecular flexibility index (Phi) is 4.04. The van der Waals surface area contributed by atoms with Crippen LogP contribution in [0.5, 0.6) is 5.75 Å². The average Bonchev–Trinajstić information content (AvgIpc) is 2.75. The van der Waals surface area contributed by atoms with Crippen LogP contribution in [0.3, 0.4) is 0 Å². The first-order valence-electron chi connectivity index (χ1n) is 7.71. The highest BCUT2D eigenvalue weighted by Gasteiger charge is 2.32. The molecule has 3 heteroatoms. The smallest absolute Gasteiger partial charge is 0.163 e. The first-order chi connectivity index (χ1) is 9.38. The lowest BCUT2D eigenvalue weighted by Gasteiger charge is -2.31. The number of hydrogen-bond donors (Lipinski definition) is 2. The molecule has 0 amide bonds. The summed E-state index contributed by atoms with van der Waals surface area (Å²) in [5, 5.41) is 2.47. The van der Waals surface area contributed by atoms with Gasteiger partial charge in [0.15, 0.2) is 6.04 Å². The lowest BCUT2D eigenvalue weighted by Crippen LogP contribution is -3.15. The minimum absolute atomic E-state index is 0.664. The van der Waals surface area contributed by atoms with Crippen LogP contribution in [0, 0.1) is 0 Å². The Hall–Kier alpha value is -1.06. The van der Waals surface area contributed by atoms with Crippen LogP contribution in [0.25, 0.3) is 0 Å². The molecule has 0 saturated carbocycles. The number of fused-ring (bicyclic) bond motifs is 1. The highest BCUT2D eigenvalue weighted by molar-refractivity contribution is 5.37. The molecule has 1 atom stereocenters. The molecule has 3 rings (SSSR count). The molecule has 0 unspecified atom stereocenters. The first-order valence-corrected chi connectivity index (χ1v) is 7.71. The average molecular weight is 262 g/mol. The highest BCUT2D eigenvalue weighted by atomic mass is 16.5. The van der Waals surface area contributed by atoms with Crippen LogP contribution >= 0.6 is 0 Å². The summed E-state index contributed by atoms with van der Waals surface area (Å²) in [6, 6.07) is 7.31. The number of quaternary nitrogens is 2. The number of nitrogens with one attached hydrogen (secondary N) is 1. The van der Waals surface area contributed by atoms with Crippen molar-refractivity contribution in [3.8, 4) is 5.75 Å². The van der Waals surface area contributed by atoms with Crippen LogP contribution in [0.4, 0.5) is 0 Å². The van der Waals surface area contributed by atoms with Crippen LogP contribution in [-0.4, -0.2) is 26.7 Å². The van der Waals surface area contributed by atoms with E-state index in [1.54, 1.807) is 17.6 Å². The summed E-state index contributed by atoms with van der Waals surface area (Å²) in [7, 11) is 1.77. The summed E-state index contributed by atoms with van der Waals surface area (Å²) >= 11 is 0. The van der Waals surface area contributed by atoms with Gasteiger partial charge in [-0.2, -0.15) is 0 Å². The van der Waals surface area contributed by atoms with Crippen molar-refractivity contribution in [2.75, 3.05) is 26.7 Å². The molecule has 3 N–H and O–H groups in total. The Morgan fingerprint density at radius 2 is 1.95 bits per heavy atom. The van der Waals surface area contributed by atoms with E-state index in [1.165, 1.54) is 50.9 Å². The minimum Gasteiger partial charge on any atom is -0.497 e. The standard InChI is InChI=1S/C16H24N2O/c1-19-14-7-6-13-11-17-12-16(15(13)10-14)18-8-4-2-3-5-9-18/h6-7,10,16-17H,2-5,8-9,11-12H2,1H3/p+2/t16-/m1/s1. The lowest BCUT2D eigenvalue weighted by molar-refractivity contribution is -0.947. The van der Waals surface area contributed by atoms with Gasteiger partial charge < -0.3 is 15.0 Å². The van der Waals surface area contributed by atoms with E-state index in [0.29, 0.717) is 6.04 Å². The molecule has 3 nitrogen and oxygen atoms in total. The molecule has 1 saturated heterocycles. The van der Waals surface area contributed by atoms with Crippen LogP contribution in [0.2, 0.25) is 0 Å². The zero-order valence-corrected chi connectivity index (χ0v) is 12.0. The van der Waals surface area contributed by atoms with Gasteiger partial charge in [0.1, 0.15) is 18.8 Å². The fourth-order valence-electron chi connectivity index (χ4n) is 3.66. The SMILES string of the molecule is COc1ccc2c(c1)[C@H]([NH+]1CCCCCC1)C[NH2+]C2. The number of nitrogens with two attached hydrogens (primary N) is 1. The number of rotatable bonds is 2. The Morgan fingerprint density at radius 3 is 2.68 bits per heavy atom. The quantitative estimate of drug-likeness (QED) is 0.787. The van der Waals surface area contributed by atoms with E-state index in [9.17, 15) is 0 Å². The van der Waals surface area contributed by atoms with Crippen LogP contribution in [-0.2, 0) is 6.54 Å². The van der Waals surface area contributed by atoms with Crippen molar-refractivity contribution in [2.45, 2.75) is 38.3 Å². The molecule has 0 aromatic heterocycles. The third-order valence-corrected chi connectivity index (χ3v) is 4.73. The minimum atomic E-state index is 0.664. The number of benzene rings is 1. The van der Waals surface area contributed by atoms with Crippen molar-refractivity contribution in [1.82, 2.24) is 0 Å². The molecule has 104 valence electrons. The molecule has 1 aromatic carbocycles. The predicted octanol–water partition coefficient (Wildman–Crippen LogP) is 0.272. The van der Waals surface area contributed by atoms with E-state index >= 15 is 0 Å². The fourth-order valence-corrected chi connectivity index (χ4v) is 3.66. The Bertz CT molecular complexity index is 425. The lowest BCUT2D eigenvalue weighted by atomic mass is 9.95. The van der Waals surface area contributed by atoms with Gasteiger partial charge in [0.05, 0.1) is 20.2 Å². The Balaban J connectivity index is 1.87. The van der Waals surface area contributed by atoms with E-state index in [4.69, 9.17) is 4.74 Å². The topological polar surface area (TPSA) is 30.3 Å². The number of methoxy groups -OCH3 is 1. The molecule has 1 aromatic rings. The summed E-state index contributed by atoms with van der Waals surface area (Å²) < 4.78 is 5.42. The van der Waals surface area contributed by atoms with Crippen LogP contribution in [0.15, 0.2) is 18.2 Å². The van der Waals surface area contributed by atoms with Gasteiger partial charge in [-0.1, -0.05) is 0 Å². The summed E-state index contributed by atoms with van der Waals surface area (Å²) in [5.41, 5.74) is 3.05. The van der Waals surface area contributed by atoms with Crippen LogP contribution < -0.4 is 15.0 Å². The molecule has 2 aliphatic heterocycles. The van der Waals surface area contributed by atoms with E-state index in [2.05, 4.69) is 23.5 Å². The largest absolute Gasteiger partial charge is 0.497 e. The van der Waals surface area contributed by atoms with Gasteiger partial charge in [0.2, 0.25) is 0 Å². The van der Waals surface area contributed by atoms with Gasteiger partial charge in [-0.15, -0.1) is 0 Å². The molecule has 0 bridgehead atoms. The van der Waals surface area contributed by atoms with Crippen molar-refractivity contribution >= 4 is 0 Å². The molecule has 0 radical (unpaired) electrons. The molecule has 19 heavy (non-hydrogen) atoms. The van der Waals surface area contributed by atoms with Gasteiger partial charge in [-0.25, -0.2) is 0 Å². The Labute approximate surface area is 115 Å². The van der Waals surface area contributed by atoms with Crippen molar-refractivity contribution in [2.24, 2.45) is 0 Å². The molecule has 2 aliphatic rings. The van der Waals surface area contributed by atoms with Gasteiger partial charge in [0, 0.05) is 11.1 Å². The Morgan fingerprint density at radius 1 is 1.16 bits per heavy atom. The number of hydrogen-bond acceptors (Lipinski definition) is 1. The molecule has 0 spiro atoms. The monoisotopic (exact) mass is 262 g/mol. The zero-order valence-electron chi connectivity index (χ0n) is 12.0. The maximum atomic E-state index is 5.42. The third kappa shape index (κ3) is 2.77. The summed E-state index contributed by atoms with van der Waals surface area (Å²) in [5.74, 6) is 1.01. The second kappa shape index (κ2) is 5.93. The molecule has 1 fully saturated rings. The van der Waals surface area contributed by atoms with Crippen molar-refractivity contribution < 1.29 is 15.0 Å². The second-order valence-electron chi connectivity index (χ2n) is 5.92. The molecule has 0 aliphatic carbocycles. The summed E-state index contributed by atoms with van der Waals surface area (Å²) in [6.45, 7) is 5.04. The third-order valence-electron chi connectivity index (χ3n) is 4.73. The van der Waals surface area contributed by atoms with Gasteiger partial charge >= 0.3 is 0 Å². The number of ether oxygens (including phenoxy) is 1. The predicted molar refractivity (Wildman–Crippen MR) is 75.4 cm³/mol. The second-order valence-corrected chi connectivity index (χ2v) is 5.92. The van der Waals surface area contributed by atoms with E-state index in [1.807, 2.05) is 0 Å². The van der Waals surface area contributed by atoms with Crippen molar-refractivity contribution in [3.05, 3.63) is 29.3 Å². The van der Waals surface area contributed by atoms with Crippen molar-refractivity contribution in [3.63, 3.8) is 0 Å². The fraction of sp³-hybridized carbons (Fsp3) is 0.625. The molecular formula is C16H26N2O+2. The van der Waals surface area contributed by atoms with E-state index in [-0.39, 0.29) is 0 Å². The molecular weight excluding hydrogens is 236 g/mol. The normalized spacial score (nSPS) is 24.6. The van der Waals surface area contributed by atoms with Gasteiger partial charge in [-0.05, 0) is 43.9 Å². The maximum absolute atomic E-state index is 5.42. The first kappa shape index (κ1) is 12.9. The highest BCUT2D eigenvalue weighted by Crippen LogP contribution is 2.23. The zero-order chi connectivity index (χ0) is 13.1.